The number of carbonyl (C=O) groups excluding carboxylic acids is 1. The number of hydrogen-bond donors (Lipinski definition) is 2. The van der Waals surface area contributed by atoms with Crippen LogP contribution in [0.3, 0.4) is 0 Å². The van der Waals surface area contributed by atoms with Crippen LogP contribution < -0.4 is 15.4 Å². The van der Waals surface area contributed by atoms with E-state index < -0.39 is 0 Å². The fourth-order valence-electron chi connectivity index (χ4n) is 3.09. The fraction of sp³-hybridized carbons (Fsp3) is 0.759. The Morgan fingerprint density at radius 1 is 0.500 bits per heavy atom. The van der Waals surface area contributed by atoms with Gasteiger partial charge < -0.3 is 58.0 Å². The van der Waals surface area contributed by atoms with Crippen molar-refractivity contribution >= 4 is 11.6 Å². The second-order valence-electron chi connectivity index (χ2n) is 8.67. The van der Waals surface area contributed by atoms with Gasteiger partial charge >= 0.3 is 0 Å². The maximum absolute atomic E-state index is 11.0. The van der Waals surface area contributed by atoms with E-state index in [0.29, 0.717) is 126 Å². The summed E-state index contributed by atoms with van der Waals surface area (Å²) in [5.41, 5.74) is 0.734. The predicted octanol–water partition coefficient (Wildman–Crippen LogP) is 1.39. The highest BCUT2D eigenvalue weighted by Crippen LogP contribution is 2.15. The van der Waals surface area contributed by atoms with Crippen LogP contribution in [0.5, 0.6) is 5.75 Å². The number of likely N-dealkylation sites (N-methyl/N-ethyl adjacent to an activating group) is 1. The first-order chi connectivity index (χ1) is 20.7. The Labute approximate surface area is 250 Å². The summed E-state index contributed by atoms with van der Waals surface area (Å²) in [5, 5.41) is 5.73. The van der Waals surface area contributed by atoms with E-state index >= 15 is 0 Å². The number of ether oxygens (including phenoxy) is 10. The molecule has 244 valence electrons. The molecule has 0 fully saturated rings. The SMILES string of the molecule is CNCCOCCOCCOCCOCCOCCOCCOCCOCCOCCOc1ccc(NC(C)=O)cc1. The molecular weight excluding hydrogens is 552 g/mol. The average molecular weight is 605 g/mol. The van der Waals surface area contributed by atoms with Gasteiger partial charge in [-0.1, -0.05) is 0 Å². The van der Waals surface area contributed by atoms with Crippen LogP contribution in [0.25, 0.3) is 0 Å². The summed E-state index contributed by atoms with van der Waals surface area (Å²) in [7, 11) is 1.89. The minimum Gasteiger partial charge on any atom is -0.491 e. The molecule has 1 amide bonds. The third kappa shape index (κ3) is 27.0. The average Bonchev–Trinajstić information content (AvgIpc) is 2.98. The monoisotopic (exact) mass is 604 g/mol. The highest BCUT2D eigenvalue weighted by molar-refractivity contribution is 5.88. The van der Waals surface area contributed by atoms with E-state index in [2.05, 4.69) is 10.6 Å². The largest absolute Gasteiger partial charge is 0.491 e. The van der Waals surface area contributed by atoms with Crippen LogP contribution in [0.4, 0.5) is 5.69 Å². The Kier molecular flexibility index (Phi) is 27.7. The normalized spacial score (nSPS) is 11.2. The molecule has 13 heteroatoms. The molecule has 0 atom stereocenters. The summed E-state index contributed by atoms with van der Waals surface area (Å²) in [6.45, 7) is 12.2. The van der Waals surface area contributed by atoms with Gasteiger partial charge in [-0.15, -0.1) is 0 Å². The summed E-state index contributed by atoms with van der Waals surface area (Å²) < 4.78 is 54.6. The van der Waals surface area contributed by atoms with Gasteiger partial charge in [0.2, 0.25) is 5.91 Å². The molecule has 0 aliphatic rings. The van der Waals surface area contributed by atoms with Crippen LogP contribution in [0, 0.1) is 0 Å². The molecule has 0 heterocycles. The van der Waals surface area contributed by atoms with Gasteiger partial charge in [-0.2, -0.15) is 0 Å². The molecular formula is C29H52N2O11. The molecule has 1 rings (SSSR count). The molecule has 1 aromatic carbocycles. The van der Waals surface area contributed by atoms with Crippen molar-refractivity contribution in [3.8, 4) is 5.75 Å². The van der Waals surface area contributed by atoms with Crippen molar-refractivity contribution in [2.24, 2.45) is 0 Å². The maximum atomic E-state index is 11.0. The zero-order chi connectivity index (χ0) is 30.2. The van der Waals surface area contributed by atoms with Crippen LogP contribution >= 0.6 is 0 Å². The van der Waals surface area contributed by atoms with E-state index in [-0.39, 0.29) is 5.91 Å². The number of rotatable bonds is 32. The van der Waals surface area contributed by atoms with Crippen LogP contribution in [0.15, 0.2) is 24.3 Å². The molecule has 2 N–H and O–H groups in total. The highest BCUT2D eigenvalue weighted by Gasteiger charge is 1.99. The van der Waals surface area contributed by atoms with Gasteiger partial charge in [-0.25, -0.2) is 0 Å². The third-order valence-corrected chi connectivity index (χ3v) is 5.14. The van der Waals surface area contributed by atoms with Crippen LogP contribution in [0.2, 0.25) is 0 Å². The molecule has 0 spiro atoms. The topological polar surface area (TPSA) is 133 Å². The summed E-state index contributed by atoms with van der Waals surface area (Å²) in [4.78, 5) is 11.0. The lowest BCUT2D eigenvalue weighted by atomic mass is 10.3. The molecule has 0 saturated heterocycles. The lowest BCUT2D eigenvalue weighted by Gasteiger charge is -2.09. The fourth-order valence-corrected chi connectivity index (χ4v) is 3.09. The van der Waals surface area contributed by atoms with Gasteiger partial charge in [-0.3, -0.25) is 4.79 Å². The maximum Gasteiger partial charge on any atom is 0.221 e. The van der Waals surface area contributed by atoms with E-state index in [0.717, 1.165) is 18.0 Å². The lowest BCUT2D eigenvalue weighted by molar-refractivity contribution is -0.114. The molecule has 0 bridgehead atoms. The van der Waals surface area contributed by atoms with Crippen LogP contribution in [0.1, 0.15) is 6.92 Å². The Balaban J connectivity index is 1.68. The Morgan fingerprint density at radius 3 is 1.12 bits per heavy atom. The van der Waals surface area contributed by atoms with E-state index in [9.17, 15) is 4.79 Å². The van der Waals surface area contributed by atoms with E-state index in [1.54, 1.807) is 24.3 Å². The number of benzene rings is 1. The molecule has 1 aromatic rings. The predicted molar refractivity (Wildman–Crippen MR) is 158 cm³/mol. The van der Waals surface area contributed by atoms with E-state index in [4.69, 9.17) is 47.4 Å². The van der Waals surface area contributed by atoms with E-state index in [1.807, 2.05) is 7.05 Å². The molecule has 0 saturated carbocycles. The van der Waals surface area contributed by atoms with Crippen LogP contribution in [-0.4, -0.2) is 145 Å². The second-order valence-corrected chi connectivity index (χ2v) is 8.67. The number of amides is 1. The second kappa shape index (κ2) is 30.5. The molecule has 13 nitrogen and oxygen atoms in total. The highest BCUT2D eigenvalue weighted by atomic mass is 16.6. The minimum absolute atomic E-state index is 0.106. The third-order valence-electron chi connectivity index (χ3n) is 5.14. The minimum atomic E-state index is -0.106. The summed E-state index contributed by atoms with van der Waals surface area (Å²) in [6, 6.07) is 7.18. The van der Waals surface area contributed by atoms with Gasteiger partial charge in [0.1, 0.15) is 12.4 Å². The Morgan fingerprint density at radius 2 is 0.810 bits per heavy atom. The van der Waals surface area contributed by atoms with Gasteiger partial charge in [0, 0.05) is 19.2 Å². The first-order valence-electron chi connectivity index (χ1n) is 14.6. The number of nitrogens with one attached hydrogen (secondary N) is 2. The zero-order valence-electron chi connectivity index (χ0n) is 25.4. The number of carbonyl (C=O) groups is 1. The quantitative estimate of drug-likeness (QED) is 0.115. The molecule has 42 heavy (non-hydrogen) atoms. The molecule has 0 radical (unpaired) electrons. The van der Waals surface area contributed by atoms with Gasteiger partial charge in [0.15, 0.2) is 0 Å². The first kappa shape index (κ1) is 38.1. The molecule has 0 aromatic heterocycles. The Bertz CT molecular complexity index is 713. The van der Waals surface area contributed by atoms with Crippen molar-refractivity contribution in [3.63, 3.8) is 0 Å². The van der Waals surface area contributed by atoms with Gasteiger partial charge in [0.05, 0.1) is 119 Å². The van der Waals surface area contributed by atoms with Crippen molar-refractivity contribution in [1.82, 2.24) is 5.32 Å². The zero-order valence-corrected chi connectivity index (χ0v) is 25.4. The number of hydrogen-bond acceptors (Lipinski definition) is 12. The standard InChI is InChI=1S/C29H52N2O11/c1-27(32)31-28-3-5-29(6-4-28)42-26-25-41-24-23-40-22-21-39-20-19-38-18-17-37-16-15-36-14-13-35-12-11-34-10-9-33-8-7-30-2/h3-6,30H,7-26H2,1-2H3,(H,31,32). The van der Waals surface area contributed by atoms with Crippen molar-refractivity contribution in [2.75, 3.05) is 144 Å². The van der Waals surface area contributed by atoms with Crippen molar-refractivity contribution in [3.05, 3.63) is 24.3 Å². The van der Waals surface area contributed by atoms with Gasteiger partial charge in [0.25, 0.3) is 0 Å². The van der Waals surface area contributed by atoms with Crippen LogP contribution in [-0.2, 0) is 47.4 Å². The van der Waals surface area contributed by atoms with Crippen molar-refractivity contribution in [1.29, 1.82) is 0 Å². The first-order valence-corrected chi connectivity index (χ1v) is 14.6. The van der Waals surface area contributed by atoms with E-state index in [1.165, 1.54) is 6.92 Å². The summed E-state index contributed by atoms with van der Waals surface area (Å²) in [5.74, 6) is 0.613. The van der Waals surface area contributed by atoms with Crippen molar-refractivity contribution in [2.45, 2.75) is 6.92 Å². The lowest BCUT2D eigenvalue weighted by Crippen LogP contribution is -2.17. The van der Waals surface area contributed by atoms with Gasteiger partial charge in [-0.05, 0) is 31.3 Å². The smallest absolute Gasteiger partial charge is 0.221 e. The molecule has 0 aliphatic carbocycles. The van der Waals surface area contributed by atoms with Crippen molar-refractivity contribution < 1.29 is 52.2 Å². The summed E-state index contributed by atoms with van der Waals surface area (Å²) >= 11 is 0. The molecule has 0 aliphatic heterocycles. The Hall–Kier alpha value is -1.91. The number of anilines is 1. The molecule has 0 unspecified atom stereocenters. The summed E-state index contributed by atoms with van der Waals surface area (Å²) in [6.07, 6.45) is 0.